The summed E-state index contributed by atoms with van der Waals surface area (Å²) in [6.07, 6.45) is 4.86. The zero-order valence-electron chi connectivity index (χ0n) is 26.8. The van der Waals surface area contributed by atoms with Crippen LogP contribution in [0.3, 0.4) is 0 Å². The van der Waals surface area contributed by atoms with E-state index >= 15 is 0 Å². The molecule has 0 unspecified atom stereocenters. The van der Waals surface area contributed by atoms with Gasteiger partial charge in [0.15, 0.2) is 0 Å². The lowest BCUT2D eigenvalue weighted by molar-refractivity contribution is 0.275. The van der Waals surface area contributed by atoms with Gasteiger partial charge in [-0.1, -0.05) is 98.6 Å². The maximum atomic E-state index is 4.12. The largest absolute Gasteiger partial charge is 0.409 e. The summed E-state index contributed by atoms with van der Waals surface area (Å²) in [7, 11) is 0. The number of rotatable bonds is 9. The first kappa shape index (κ1) is 28.7. The van der Waals surface area contributed by atoms with E-state index in [0.717, 1.165) is 32.6 Å². The number of hydrogen-bond acceptors (Lipinski definition) is 3. The number of anilines is 2. The van der Waals surface area contributed by atoms with Gasteiger partial charge in [0.05, 0.1) is 0 Å². The first-order valence-corrected chi connectivity index (χ1v) is 16.5. The molecule has 0 radical (unpaired) electrons. The lowest BCUT2D eigenvalue weighted by Gasteiger charge is -2.40. The molecule has 3 nitrogen and oxygen atoms in total. The van der Waals surface area contributed by atoms with Crippen LogP contribution in [0.25, 0.3) is 10.8 Å². The molecule has 5 aromatic carbocycles. The first-order chi connectivity index (χ1) is 21.5. The van der Waals surface area contributed by atoms with Gasteiger partial charge in [-0.25, -0.2) is 0 Å². The highest BCUT2D eigenvalue weighted by molar-refractivity contribution is 6.81. The predicted molar refractivity (Wildman–Crippen MR) is 189 cm³/mol. The molecule has 222 valence electrons. The van der Waals surface area contributed by atoms with Gasteiger partial charge in [0.2, 0.25) is 0 Å². The summed E-state index contributed by atoms with van der Waals surface area (Å²) in [4.78, 5) is 5.29. The van der Waals surface area contributed by atoms with Crippen LogP contribution < -0.4 is 15.5 Å². The van der Waals surface area contributed by atoms with E-state index in [1.54, 1.807) is 16.7 Å². The first-order valence-electron chi connectivity index (χ1n) is 16.5. The lowest BCUT2D eigenvalue weighted by atomic mass is 9.58. The Morgan fingerprint density at radius 1 is 0.727 bits per heavy atom. The molecule has 2 aliphatic rings. The van der Waals surface area contributed by atoms with Crippen molar-refractivity contribution in [2.75, 3.05) is 10.0 Å². The molecule has 5 aromatic rings. The lowest BCUT2D eigenvalue weighted by Crippen LogP contribution is -2.58. The Bertz CT molecular complexity index is 1800. The molecule has 2 aliphatic heterocycles. The third-order valence-corrected chi connectivity index (χ3v) is 9.98. The Morgan fingerprint density at radius 3 is 2.11 bits per heavy atom. The van der Waals surface area contributed by atoms with Crippen molar-refractivity contribution in [1.82, 2.24) is 4.90 Å². The van der Waals surface area contributed by atoms with Crippen LogP contribution in [-0.2, 0) is 32.6 Å². The molecule has 0 aliphatic carbocycles. The van der Waals surface area contributed by atoms with Crippen LogP contribution >= 0.6 is 0 Å². The van der Waals surface area contributed by atoms with E-state index in [0.29, 0.717) is 0 Å². The van der Waals surface area contributed by atoms with Gasteiger partial charge in [-0.3, -0.25) is 4.90 Å². The molecule has 44 heavy (non-hydrogen) atoms. The second-order valence-electron chi connectivity index (χ2n) is 13.0. The minimum atomic E-state index is 0.0545. The Hall–Kier alpha value is -4.02. The highest BCUT2D eigenvalue weighted by Crippen LogP contribution is 2.40. The van der Waals surface area contributed by atoms with E-state index in [1.165, 1.54) is 74.7 Å². The summed E-state index contributed by atoms with van der Waals surface area (Å²) < 4.78 is 0. The number of fused-ring (bicyclic) bond motifs is 1. The minimum absolute atomic E-state index is 0.0545. The number of hydrogen-bond donors (Lipinski definition) is 1. The Morgan fingerprint density at radius 2 is 1.41 bits per heavy atom. The zero-order valence-corrected chi connectivity index (χ0v) is 26.8. The van der Waals surface area contributed by atoms with Crippen LogP contribution in [-0.4, -0.2) is 11.9 Å². The summed E-state index contributed by atoms with van der Waals surface area (Å²) >= 11 is 0. The van der Waals surface area contributed by atoms with Crippen molar-refractivity contribution in [3.05, 3.63) is 136 Å². The Labute approximate surface area is 264 Å². The van der Waals surface area contributed by atoms with Crippen LogP contribution in [0.2, 0.25) is 0 Å². The molecule has 0 atom stereocenters. The molecule has 0 spiro atoms. The van der Waals surface area contributed by atoms with Crippen molar-refractivity contribution in [2.45, 2.75) is 79.6 Å². The smallest absolute Gasteiger partial charge is 0.405 e. The number of benzene rings is 5. The SMILES string of the molecule is CCCCCc1c(C)c2c(c(C)c1B1Nc3cccc4cc(C)cc(c34)N1Cc1ccccc1)CN(Cc1ccccc1)C2. The molecule has 0 bridgehead atoms. The molecule has 0 aromatic heterocycles. The Kier molecular flexibility index (Phi) is 7.95. The van der Waals surface area contributed by atoms with Crippen LogP contribution in [0.4, 0.5) is 11.4 Å². The van der Waals surface area contributed by atoms with Crippen molar-refractivity contribution in [1.29, 1.82) is 0 Å². The van der Waals surface area contributed by atoms with E-state index in [1.807, 2.05) is 0 Å². The summed E-state index contributed by atoms with van der Waals surface area (Å²) in [5.74, 6) is 0. The van der Waals surface area contributed by atoms with Crippen LogP contribution in [0, 0.1) is 20.8 Å². The maximum Gasteiger partial charge on any atom is 0.409 e. The molecule has 0 saturated carbocycles. The monoisotopic (exact) mass is 577 g/mol. The van der Waals surface area contributed by atoms with E-state index in [4.69, 9.17) is 0 Å². The van der Waals surface area contributed by atoms with Crippen molar-refractivity contribution in [3.63, 3.8) is 0 Å². The van der Waals surface area contributed by atoms with Gasteiger partial charge in [0.1, 0.15) is 0 Å². The van der Waals surface area contributed by atoms with E-state index < -0.39 is 0 Å². The number of aryl methyl sites for hydroxylation is 1. The molecule has 1 N–H and O–H groups in total. The topological polar surface area (TPSA) is 18.5 Å². The van der Waals surface area contributed by atoms with Gasteiger partial charge in [0.25, 0.3) is 0 Å². The molecule has 0 fully saturated rings. The predicted octanol–water partition coefficient (Wildman–Crippen LogP) is 8.84. The summed E-state index contributed by atoms with van der Waals surface area (Å²) in [6.45, 7) is 13.3. The Balaban J connectivity index is 1.38. The fraction of sp³-hybridized carbons (Fsp3) is 0.300. The summed E-state index contributed by atoms with van der Waals surface area (Å²) in [6, 6.07) is 33.5. The standard InChI is InChI=1S/C40H44BN3/c1-5-6-9-20-34-29(3)35-26-43(24-31-15-10-7-11-16-31)27-36(35)30(4)40(34)41-42-37-21-14-19-33-22-28(2)23-38(39(33)37)44(41)25-32-17-12-8-13-18-32/h7-8,10-19,21-23,42H,5-6,9,20,24-27H2,1-4H3. The molecule has 4 heteroatoms. The van der Waals surface area contributed by atoms with E-state index in [9.17, 15) is 0 Å². The molecule has 7 rings (SSSR count). The minimum Gasteiger partial charge on any atom is -0.405 e. The fourth-order valence-electron chi connectivity index (χ4n) is 7.80. The quantitative estimate of drug-likeness (QED) is 0.140. The van der Waals surface area contributed by atoms with Gasteiger partial charge in [-0.2, -0.15) is 0 Å². The number of nitrogens with zero attached hydrogens (tertiary/aromatic N) is 2. The highest BCUT2D eigenvalue weighted by atomic mass is 15.2. The molecule has 0 amide bonds. The maximum absolute atomic E-state index is 4.12. The van der Waals surface area contributed by atoms with Crippen molar-refractivity contribution in [3.8, 4) is 0 Å². The molecular weight excluding hydrogens is 533 g/mol. The van der Waals surface area contributed by atoms with Gasteiger partial charge in [-0.15, -0.1) is 0 Å². The van der Waals surface area contributed by atoms with Gasteiger partial charge in [0, 0.05) is 42.9 Å². The van der Waals surface area contributed by atoms with Crippen molar-refractivity contribution < 1.29 is 0 Å². The average Bonchev–Trinajstić information content (AvgIpc) is 3.46. The molecule has 2 heterocycles. The van der Waals surface area contributed by atoms with E-state index in [-0.39, 0.29) is 6.98 Å². The van der Waals surface area contributed by atoms with Crippen molar-refractivity contribution in [2.24, 2.45) is 0 Å². The normalized spacial score (nSPS) is 14.3. The molecule has 0 saturated heterocycles. The second kappa shape index (κ2) is 12.2. The van der Waals surface area contributed by atoms with Gasteiger partial charge < -0.3 is 10.0 Å². The van der Waals surface area contributed by atoms with Crippen LogP contribution in [0.1, 0.15) is 70.7 Å². The van der Waals surface area contributed by atoms with Gasteiger partial charge in [-0.05, 0) is 101 Å². The average molecular weight is 578 g/mol. The number of unbranched alkanes of at least 4 members (excludes halogenated alkanes) is 2. The second-order valence-corrected chi connectivity index (χ2v) is 13.0. The van der Waals surface area contributed by atoms with Crippen LogP contribution in [0.15, 0.2) is 91.0 Å². The fourth-order valence-corrected chi connectivity index (χ4v) is 7.80. The number of nitrogens with one attached hydrogen (secondary N) is 1. The third-order valence-electron chi connectivity index (χ3n) is 9.98. The summed E-state index contributed by atoms with van der Waals surface area (Å²) in [5, 5.41) is 6.76. The van der Waals surface area contributed by atoms with Crippen molar-refractivity contribution >= 4 is 34.6 Å². The molecular formula is C40H44BN3. The highest BCUT2D eigenvalue weighted by Gasteiger charge is 2.38. The van der Waals surface area contributed by atoms with Crippen LogP contribution in [0.5, 0.6) is 0 Å². The summed E-state index contributed by atoms with van der Waals surface area (Å²) in [5.41, 5.74) is 15.8. The zero-order chi connectivity index (χ0) is 30.2. The third kappa shape index (κ3) is 5.30. The van der Waals surface area contributed by atoms with Gasteiger partial charge >= 0.3 is 6.98 Å². The van der Waals surface area contributed by atoms with E-state index in [2.05, 4.69) is 134 Å².